The second-order valence-corrected chi connectivity index (χ2v) is 7.64. The molecule has 0 aliphatic rings. The molecule has 0 aliphatic carbocycles. The van der Waals surface area contributed by atoms with Crippen LogP contribution in [0.1, 0.15) is 16.8 Å². The van der Waals surface area contributed by atoms with Crippen LogP contribution in [0.4, 0.5) is 0 Å². The van der Waals surface area contributed by atoms with E-state index in [1.54, 1.807) is 4.68 Å². The van der Waals surface area contributed by atoms with Gasteiger partial charge < -0.3 is 0 Å². The van der Waals surface area contributed by atoms with Gasteiger partial charge in [0, 0.05) is 17.7 Å². The normalized spacial score (nSPS) is 11.4. The summed E-state index contributed by atoms with van der Waals surface area (Å²) in [5.41, 5.74) is 3.70. The fraction of sp³-hybridized carbons (Fsp3) is 0.0909. The Kier molecular flexibility index (Phi) is 3.69. The topological polar surface area (TPSA) is 50.7 Å². The van der Waals surface area contributed by atoms with Crippen LogP contribution in [0, 0.1) is 6.92 Å². The first-order valence-electron chi connectivity index (χ1n) is 8.84. The lowest BCUT2D eigenvalue weighted by Gasteiger charge is -2.05. The van der Waals surface area contributed by atoms with Gasteiger partial charge in [-0.25, -0.2) is 4.98 Å². The van der Waals surface area contributed by atoms with Crippen molar-refractivity contribution >= 4 is 32.3 Å². The number of hydrogen-bond acceptors (Lipinski definition) is 3. The number of aromatic amines is 1. The van der Waals surface area contributed by atoms with Gasteiger partial charge in [0.25, 0.3) is 5.56 Å². The SMILES string of the molecule is Cc1[nH]n(-c2nc3ccccc3s2)c(=O)c1Cc1cccc2ccccc12. The van der Waals surface area contributed by atoms with Gasteiger partial charge in [0.05, 0.1) is 10.2 Å². The number of para-hydroxylation sites is 1. The summed E-state index contributed by atoms with van der Waals surface area (Å²) in [5, 5.41) is 6.26. The molecule has 0 saturated carbocycles. The van der Waals surface area contributed by atoms with E-state index in [9.17, 15) is 4.79 Å². The van der Waals surface area contributed by atoms with Crippen molar-refractivity contribution < 1.29 is 0 Å². The molecule has 5 aromatic rings. The molecule has 0 radical (unpaired) electrons. The summed E-state index contributed by atoms with van der Waals surface area (Å²) in [6, 6.07) is 22.5. The summed E-state index contributed by atoms with van der Waals surface area (Å²) >= 11 is 1.52. The summed E-state index contributed by atoms with van der Waals surface area (Å²) in [5.74, 6) is 0. The number of aromatic nitrogens is 3. The highest BCUT2D eigenvalue weighted by atomic mass is 32.1. The molecule has 1 N–H and O–H groups in total. The molecule has 2 heterocycles. The molecule has 5 heteroatoms. The molecule has 4 nitrogen and oxygen atoms in total. The van der Waals surface area contributed by atoms with Crippen LogP contribution in [0.15, 0.2) is 71.5 Å². The Balaban J connectivity index is 1.61. The number of nitrogens with zero attached hydrogens (tertiary/aromatic N) is 2. The standard InChI is InChI=1S/C22H17N3OS/c1-14-18(13-16-9-6-8-15-7-2-3-10-17(15)16)21(26)25(24-14)22-23-19-11-4-5-12-20(19)27-22/h2-12,24H,13H2,1H3. The number of benzene rings is 3. The van der Waals surface area contributed by atoms with Gasteiger partial charge in [-0.3, -0.25) is 9.89 Å². The number of aryl methyl sites for hydroxylation is 1. The largest absolute Gasteiger partial charge is 0.293 e. The second-order valence-electron chi connectivity index (χ2n) is 6.64. The van der Waals surface area contributed by atoms with Crippen molar-refractivity contribution in [3.63, 3.8) is 0 Å². The summed E-state index contributed by atoms with van der Waals surface area (Å²) in [6.07, 6.45) is 0.598. The van der Waals surface area contributed by atoms with E-state index in [-0.39, 0.29) is 5.56 Å². The Bertz CT molecular complexity index is 1300. The summed E-state index contributed by atoms with van der Waals surface area (Å²) < 4.78 is 2.64. The van der Waals surface area contributed by atoms with Crippen LogP contribution in [-0.2, 0) is 6.42 Å². The fourth-order valence-electron chi connectivity index (χ4n) is 3.52. The lowest BCUT2D eigenvalue weighted by Crippen LogP contribution is -2.17. The summed E-state index contributed by atoms with van der Waals surface area (Å²) in [4.78, 5) is 17.7. The molecule has 0 spiro atoms. The van der Waals surface area contributed by atoms with Gasteiger partial charge in [0.2, 0.25) is 5.13 Å². The first-order chi connectivity index (χ1) is 13.2. The van der Waals surface area contributed by atoms with Gasteiger partial charge in [0.1, 0.15) is 0 Å². The number of hydrogen-bond donors (Lipinski definition) is 1. The van der Waals surface area contributed by atoms with Crippen molar-refractivity contribution in [2.24, 2.45) is 0 Å². The average molecular weight is 371 g/mol. The zero-order valence-electron chi connectivity index (χ0n) is 14.8. The zero-order valence-corrected chi connectivity index (χ0v) is 15.6. The number of fused-ring (bicyclic) bond motifs is 2. The van der Waals surface area contributed by atoms with Crippen LogP contribution in [0.5, 0.6) is 0 Å². The van der Waals surface area contributed by atoms with Crippen LogP contribution < -0.4 is 5.56 Å². The minimum atomic E-state index is -0.0282. The average Bonchev–Trinajstić information content (AvgIpc) is 3.24. The van der Waals surface area contributed by atoms with Gasteiger partial charge in [-0.2, -0.15) is 4.68 Å². The molecule has 0 unspecified atom stereocenters. The maximum absolute atomic E-state index is 13.1. The van der Waals surface area contributed by atoms with Crippen LogP contribution in [-0.4, -0.2) is 14.8 Å². The molecule has 5 rings (SSSR count). The minimum Gasteiger partial charge on any atom is -0.293 e. The van der Waals surface area contributed by atoms with E-state index in [2.05, 4.69) is 34.3 Å². The Morgan fingerprint density at radius 3 is 2.67 bits per heavy atom. The summed E-state index contributed by atoms with van der Waals surface area (Å²) in [6.45, 7) is 1.95. The van der Waals surface area contributed by atoms with Crippen molar-refractivity contribution in [1.29, 1.82) is 0 Å². The third kappa shape index (κ3) is 2.67. The van der Waals surface area contributed by atoms with Crippen LogP contribution >= 0.6 is 11.3 Å². The number of rotatable bonds is 3. The number of H-pyrrole nitrogens is 1. The Labute approximate surface area is 159 Å². The first-order valence-corrected chi connectivity index (χ1v) is 9.65. The van der Waals surface area contributed by atoms with Gasteiger partial charge in [-0.15, -0.1) is 0 Å². The quantitative estimate of drug-likeness (QED) is 0.494. The van der Waals surface area contributed by atoms with Crippen molar-refractivity contribution in [1.82, 2.24) is 14.8 Å². The second kappa shape index (κ2) is 6.21. The predicted molar refractivity (Wildman–Crippen MR) is 111 cm³/mol. The maximum Gasteiger partial charge on any atom is 0.277 e. The molecule has 0 amide bonds. The minimum absolute atomic E-state index is 0.0282. The van der Waals surface area contributed by atoms with E-state index in [1.165, 1.54) is 22.1 Å². The van der Waals surface area contributed by atoms with Crippen LogP contribution in [0.25, 0.3) is 26.1 Å². The van der Waals surface area contributed by atoms with E-state index < -0.39 is 0 Å². The lowest BCUT2D eigenvalue weighted by molar-refractivity contribution is 0.828. The number of thiazole rings is 1. The molecule has 27 heavy (non-hydrogen) atoms. The Morgan fingerprint density at radius 2 is 1.78 bits per heavy atom. The zero-order chi connectivity index (χ0) is 18.4. The third-order valence-electron chi connectivity index (χ3n) is 4.91. The Morgan fingerprint density at radius 1 is 1.00 bits per heavy atom. The van der Waals surface area contributed by atoms with Crippen molar-refractivity contribution in [3.8, 4) is 5.13 Å². The highest BCUT2D eigenvalue weighted by Crippen LogP contribution is 2.25. The molecule has 2 aromatic heterocycles. The molecule has 0 fully saturated rings. The number of nitrogens with one attached hydrogen (secondary N) is 1. The van der Waals surface area contributed by atoms with E-state index in [1.807, 2.05) is 49.4 Å². The molecule has 0 atom stereocenters. The van der Waals surface area contributed by atoms with Crippen LogP contribution in [0.2, 0.25) is 0 Å². The maximum atomic E-state index is 13.1. The van der Waals surface area contributed by atoms with E-state index in [4.69, 9.17) is 0 Å². The molecular formula is C22H17N3OS. The van der Waals surface area contributed by atoms with Gasteiger partial charge >= 0.3 is 0 Å². The molecular weight excluding hydrogens is 354 g/mol. The van der Waals surface area contributed by atoms with E-state index in [0.29, 0.717) is 11.6 Å². The van der Waals surface area contributed by atoms with Gasteiger partial charge in [-0.05, 0) is 35.4 Å². The Hall–Kier alpha value is -3.18. The van der Waals surface area contributed by atoms with Crippen molar-refractivity contribution in [3.05, 3.63) is 93.9 Å². The molecule has 0 bridgehead atoms. The summed E-state index contributed by atoms with van der Waals surface area (Å²) in [7, 11) is 0. The highest BCUT2D eigenvalue weighted by molar-refractivity contribution is 7.20. The highest BCUT2D eigenvalue weighted by Gasteiger charge is 2.16. The van der Waals surface area contributed by atoms with Crippen LogP contribution in [0.3, 0.4) is 0 Å². The molecule has 3 aromatic carbocycles. The van der Waals surface area contributed by atoms with Gasteiger partial charge in [0.15, 0.2) is 0 Å². The molecule has 132 valence electrons. The van der Waals surface area contributed by atoms with E-state index >= 15 is 0 Å². The van der Waals surface area contributed by atoms with Crippen molar-refractivity contribution in [2.75, 3.05) is 0 Å². The van der Waals surface area contributed by atoms with Gasteiger partial charge in [-0.1, -0.05) is 65.9 Å². The fourth-order valence-corrected chi connectivity index (χ4v) is 4.44. The first kappa shape index (κ1) is 16.0. The molecule has 0 saturated heterocycles. The third-order valence-corrected chi connectivity index (χ3v) is 5.94. The lowest BCUT2D eigenvalue weighted by atomic mass is 9.99. The predicted octanol–water partition coefficient (Wildman–Crippen LogP) is 4.83. The van der Waals surface area contributed by atoms with Crippen molar-refractivity contribution in [2.45, 2.75) is 13.3 Å². The van der Waals surface area contributed by atoms with E-state index in [0.717, 1.165) is 27.0 Å². The molecule has 0 aliphatic heterocycles. The smallest absolute Gasteiger partial charge is 0.277 e. The monoisotopic (exact) mass is 371 g/mol.